The molecular formula is C20H18BrF2N3OS. The third-order valence-corrected chi connectivity index (χ3v) is 6.79. The summed E-state index contributed by atoms with van der Waals surface area (Å²) in [5, 5.41) is 2.01. The molecule has 0 aliphatic carbocycles. The Morgan fingerprint density at radius 2 is 2.14 bits per heavy atom. The highest BCUT2D eigenvalue weighted by Crippen LogP contribution is 2.37. The van der Waals surface area contributed by atoms with Crippen LogP contribution in [0.3, 0.4) is 0 Å². The lowest BCUT2D eigenvalue weighted by molar-refractivity contribution is -0.108. The van der Waals surface area contributed by atoms with E-state index < -0.39 is 11.6 Å². The fourth-order valence-electron chi connectivity index (χ4n) is 3.61. The number of carbonyl (C=O) groups is 1. The van der Waals surface area contributed by atoms with Gasteiger partial charge in [0, 0.05) is 19.5 Å². The zero-order valence-electron chi connectivity index (χ0n) is 15.2. The van der Waals surface area contributed by atoms with E-state index in [0.717, 1.165) is 65.9 Å². The number of halogens is 3. The molecule has 1 unspecified atom stereocenters. The third kappa shape index (κ3) is 3.55. The maximum absolute atomic E-state index is 14.5. The Balaban J connectivity index is 1.79. The molecule has 0 N–H and O–H groups in total. The van der Waals surface area contributed by atoms with Gasteiger partial charge in [0.2, 0.25) is 0 Å². The van der Waals surface area contributed by atoms with Crippen molar-refractivity contribution < 1.29 is 13.6 Å². The Hall–Kier alpha value is -1.93. The van der Waals surface area contributed by atoms with Crippen molar-refractivity contribution in [2.24, 2.45) is 5.92 Å². The van der Waals surface area contributed by atoms with Crippen molar-refractivity contribution in [1.82, 2.24) is 9.97 Å². The lowest BCUT2D eigenvalue weighted by atomic mass is 10.0. The predicted octanol–water partition coefficient (Wildman–Crippen LogP) is 5.51. The van der Waals surface area contributed by atoms with Gasteiger partial charge in [-0.1, -0.05) is 0 Å². The number of aryl methyl sites for hydroxylation is 1. The molecule has 28 heavy (non-hydrogen) atoms. The molecule has 3 heterocycles. The number of benzene rings is 1. The summed E-state index contributed by atoms with van der Waals surface area (Å²) < 4.78 is 29.6. The Labute approximate surface area is 173 Å². The molecule has 1 aromatic carbocycles. The van der Waals surface area contributed by atoms with Gasteiger partial charge < -0.3 is 9.69 Å². The van der Waals surface area contributed by atoms with Crippen LogP contribution in [0.15, 0.2) is 22.0 Å². The summed E-state index contributed by atoms with van der Waals surface area (Å²) >= 11 is 4.57. The third-order valence-electron chi connectivity index (χ3n) is 5.10. The number of fused-ring (bicyclic) bond motifs is 1. The first-order valence-electron chi connectivity index (χ1n) is 9.07. The molecule has 0 amide bonds. The van der Waals surface area contributed by atoms with E-state index in [1.807, 2.05) is 12.3 Å². The number of rotatable bonds is 5. The van der Waals surface area contributed by atoms with Crippen LogP contribution in [0.5, 0.6) is 0 Å². The lowest BCUT2D eigenvalue weighted by Gasteiger charge is -2.19. The van der Waals surface area contributed by atoms with Gasteiger partial charge in [-0.15, -0.1) is 11.3 Å². The van der Waals surface area contributed by atoms with E-state index in [2.05, 4.69) is 30.8 Å². The van der Waals surface area contributed by atoms with Crippen molar-refractivity contribution >= 4 is 49.6 Å². The van der Waals surface area contributed by atoms with E-state index in [0.29, 0.717) is 12.3 Å². The highest BCUT2D eigenvalue weighted by atomic mass is 79.9. The van der Waals surface area contributed by atoms with E-state index in [-0.39, 0.29) is 15.9 Å². The minimum atomic E-state index is -0.572. The topological polar surface area (TPSA) is 46.1 Å². The van der Waals surface area contributed by atoms with Crippen LogP contribution in [0.25, 0.3) is 21.6 Å². The van der Waals surface area contributed by atoms with Gasteiger partial charge in [0.15, 0.2) is 11.6 Å². The largest absolute Gasteiger partial charge is 0.355 e. The molecule has 0 bridgehead atoms. The lowest BCUT2D eigenvalue weighted by Crippen LogP contribution is -2.21. The highest BCUT2D eigenvalue weighted by molar-refractivity contribution is 9.10. The predicted molar refractivity (Wildman–Crippen MR) is 111 cm³/mol. The van der Waals surface area contributed by atoms with Crippen molar-refractivity contribution in [1.29, 1.82) is 0 Å². The first kappa shape index (κ1) is 19.4. The van der Waals surface area contributed by atoms with Gasteiger partial charge in [-0.25, -0.2) is 18.7 Å². The van der Waals surface area contributed by atoms with Gasteiger partial charge in [0.25, 0.3) is 0 Å². The molecule has 1 aliphatic rings. The second kappa shape index (κ2) is 7.83. The van der Waals surface area contributed by atoms with E-state index in [1.54, 1.807) is 11.3 Å². The van der Waals surface area contributed by atoms with Crippen molar-refractivity contribution in [3.63, 3.8) is 0 Å². The molecule has 1 fully saturated rings. The van der Waals surface area contributed by atoms with Crippen molar-refractivity contribution in [2.45, 2.75) is 26.2 Å². The molecule has 0 spiro atoms. The summed E-state index contributed by atoms with van der Waals surface area (Å²) in [5.74, 6) is 0.246. The number of aldehydes is 1. The van der Waals surface area contributed by atoms with Gasteiger partial charge in [0.1, 0.15) is 17.9 Å². The van der Waals surface area contributed by atoms with E-state index >= 15 is 0 Å². The van der Waals surface area contributed by atoms with Gasteiger partial charge in [-0.3, -0.25) is 0 Å². The maximum atomic E-state index is 14.5. The fraction of sp³-hybridized carbons (Fsp3) is 0.350. The van der Waals surface area contributed by atoms with Gasteiger partial charge in [0.05, 0.1) is 20.3 Å². The van der Waals surface area contributed by atoms with Crippen LogP contribution >= 0.6 is 27.3 Å². The summed E-state index contributed by atoms with van der Waals surface area (Å²) in [4.78, 5) is 22.0. The summed E-state index contributed by atoms with van der Waals surface area (Å²) in [5.41, 5.74) is 1.80. The molecule has 1 saturated heterocycles. The van der Waals surface area contributed by atoms with E-state index in [4.69, 9.17) is 0 Å². The number of nitrogens with zero attached hydrogens (tertiary/aromatic N) is 3. The van der Waals surface area contributed by atoms with Gasteiger partial charge in [-0.2, -0.15) is 0 Å². The monoisotopic (exact) mass is 465 g/mol. The number of anilines is 1. The highest BCUT2D eigenvalue weighted by Gasteiger charge is 2.27. The summed E-state index contributed by atoms with van der Waals surface area (Å²) in [7, 11) is 0. The van der Waals surface area contributed by atoms with Crippen molar-refractivity contribution in [2.75, 3.05) is 18.0 Å². The number of carbonyl (C=O) groups excluding carboxylic acids is 1. The number of aromatic nitrogens is 2. The normalized spacial score (nSPS) is 16.9. The number of thiophene rings is 1. The smallest absolute Gasteiger partial charge is 0.165 e. The molecule has 3 aromatic rings. The van der Waals surface area contributed by atoms with Crippen LogP contribution in [-0.4, -0.2) is 29.3 Å². The van der Waals surface area contributed by atoms with Gasteiger partial charge in [-0.05, 0) is 64.7 Å². The molecule has 1 aliphatic heterocycles. The number of hydrogen-bond acceptors (Lipinski definition) is 5. The molecule has 2 aromatic heterocycles. The zero-order chi connectivity index (χ0) is 19.8. The van der Waals surface area contributed by atoms with E-state index in [1.165, 1.54) is 0 Å². The maximum Gasteiger partial charge on any atom is 0.165 e. The first-order chi connectivity index (χ1) is 13.5. The zero-order valence-corrected chi connectivity index (χ0v) is 17.6. The van der Waals surface area contributed by atoms with Gasteiger partial charge >= 0.3 is 0 Å². The first-order valence-corrected chi connectivity index (χ1v) is 10.7. The van der Waals surface area contributed by atoms with Crippen molar-refractivity contribution in [3.05, 3.63) is 39.2 Å². The quantitative estimate of drug-likeness (QED) is 0.367. The van der Waals surface area contributed by atoms with Crippen LogP contribution in [0.2, 0.25) is 0 Å². The van der Waals surface area contributed by atoms with Crippen LogP contribution in [-0.2, 0) is 4.79 Å². The Kier molecular flexibility index (Phi) is 5.42. The van der Waals surface area contributed by atoms with Crippen LogP contribution in [0, 0.1) is 24.5 Å². The standard InChI is InChI=1S/C20H18BrF2N3OS/c1-11-10-28-18-17(11)24-19(13-7-16(23)14(21)8-15(13)22)25-20(18)26-5-4-12(9-26)3-2-6-27/h6-8,10,12H,2-5,9H2,1H3. The minimum Gasteiger partial charge on any atom is -0.355 e. The Bertz CT molecular complexity index is 1060. The summed E-state index contributed by atoms with van der Waals surface area (Å²) in [6.07, 6.45) is 3.36. The fourth-order valence-corrected chi connectivity index (χ4v) is 4.93. The Morgan fingerprint density at radius 1 is 1.32 bits per heavy atom. The average Bonchev–Trinajstić information content (AvgIpc) is 3.29. The number of hydrogen-bond donors (Lipinski definition) is 0. The molecule has 0 saturated carbocycles. The van der Waals surface area contributed by atoms with Crippen molar-refractivity contribution in [3.8, 4) is 11.4 Å². The Morgan fingerprint density at radius 3 is 2.93 bits per heavy atom. The molecule has 146 valence electrons. The van der Waals surface area contributed by atoms with Crippen LogP contribution in [0.4, 0.5) is 14.6 Å². The molecule has 1 atom stereocenters. The summed E-state index contributed by atoms with van der Waals surface area (Å²) in [6, 6.07) is 2.23. The van der Waals surface area contributed by atoms with Crippen LogP contribution < -0.4 is 4.90 Å². The minimum absolute atomic E-state index is 0.0474. The SMILES string of the molecule is Cc1csc2c(N3CCC(CCC=O)C3)nc(-c3cc(F)c(Br)cc3F)nc12. The second-order valence-electron chi connectivity index (χ2n) is 7.06. The molecule has 0 radical (unpaired) electrons. The summed E-state index contributed by atoms with van der Waals surface area (Å²) in [6.45, 7) is 3.57. The molecule has 4 rings (SSSR count). The molecular weight excluding hydrogens is 448 g/mol. The average molecular weight is 466 g/mol. The van der Waals surface area contributed by atoms with E-state index in [9.17, 15) is 13.6 Å². The molecule has 8 heteroatoms. The van der Waals surface area contributed by atoms with Crippen LogP contribution in [0.1, 0.15) is 24.8 Å². The second-order valence-corrected chi connectivity index (χ2v) is 8.79. The molecule has 4 nitrogen and oxygen atoms in total.